The standard InChI is InChI=1S/C18H20N2O3S/c1-4-6-14-16(17(21)22)24-18-19-15(11(3)20(14)18)12-7-9-13(10-8-12)23-5-2/h7-10H,4-6H2,1-3H3,(H,21,22). The highest BCUT2D eigenvalue weighted by Crippen LogP contribution is 2.32. The second-order valence-electron chi connectivity index (χ2n) is 5.55. The van der Waals surface area contributed by atoms with Crippen molar-refractivity contribution in [2.45, 2.75) is 33.6 Å². The summed E-state index contributed by atoms with van der Waals surface area (Å²) in [4.78, 5) is 17.3. The van der Waals surface area contributed by atoms with Crippen LogP contribution in [0.5, 0.6) is 5.75 Å². The molecule has 3 aromatic rings. The molecule has 0 aliphatic carbocycles. The van der Waals surface area contributed by atoms with Crippen molar-refractivity contribution in [1.29, 1.82) is 0 Å². The van der Waals surface area contributed by atoms with Crippen LogP contribution in [-0.2, 0) is 6.42 Å². The summed E-state index contributed by atoms with van der Waals surface area (Å²) in [6.45, 7) is 6.63. The number of nitrogens with zero attached hydrogens (tertiary/aromatic N) is 2. The van der Waals surface area contributed by atoms with Gasteiger partial charge in [0, 0.05) is 17.0 Å². The van der Waals surface area contributed by atoms with Gasteiger partial charge in [-0.15, -0.1) is 0 Å². The van der Waals surface area contributed by atoms with Crippen LogP contribution in [0.3, 0.4) is 0 Å². The van der Waals surface area contributed by atoms with Crippen molar-refractivity contribution in [3.05, 3.63) is 40.5 Å². The molecule has 0 aliphatic rings. The van der Waals surface area contributed by atoms with E-state index < -0.39 is 5.97 Å². The molecule has 126 valence electrons. The average molecular weight is 344 g/mol. The van der Waals surface area contributed by atoms with Gasteiger partial charge in [0.2, 0.25) is 0 Å². The van der Waals surface area contributed by atoms with E-state index in [1.807, 2.05) is 42.5 Å². The lowest BCUT2D eigenvalue weighted by Gasteiger charge is -2.05. The fraction of sp³-hybridized carbons (Fsp3) is 0.333. The molecule has 0 amide bonds. The number of aryl methyl sites for hydroxylation is 2. The number of ether oxygens (including phenoxy) is 1. The number of carboxylic acid groups (broad SMARTS) is 1. The third kappa shape index (κ3) is 2.78. The minimum absolute atomic E-state index is 0.390. The molecule has 3 rings (SSSR count). The van der Waals surface area contributed by atoms with E-state index in [-0.39, 0.29) is 0 Å². The highest BCUT2D eigenvalue weighted by Gasteiger charge is 2.22. The molecule has 1 aromatic carbocycles. The second kappa shape index (κ2) is 6.65. The largest absolute Gasteiger partial charge is 0.494 e. The van der Waals surface area contributed by atoms with Crippen molar-refractivity contribution < 1.29 is 14.6 Å². The van der Waals surface area contributed by atoms with Gasteiger partial charge in [-0.1, -0.05) is 24.7 Å². The van der Waals surface area contributed by atoms with Gasteiger partial charge in [-0.25, -0.2) is 9.78 Å². The zero-order chi connectivity index (χ0) is 17.3. The van der Waals surface area contributed by atoms with E-state index in [0.717, 1.165) is 46.2 Å². The first-order chi connectivity index (χ1) is 11.6. The fourth-order valence-electron chi connectivity index (χ4n) is 2.89. The average Bonchev–Trinajstić information content (AvgIpc) is 3.07. The van der Waals surface area contributed by atoms with Crippen molar-refractivity contribution in [1.82, 2.24) is 9.38 Å². The SMILES string of the molecule is CCCc1c(C(=O)O)sc2nc(-c3ccc(OCC)cc3)c(C)n12. The van der Waals surface area contributed by atoms with E-state index in [2.05, 4.69) is 11.9 Å². The first-order valence-electron chi connectivity index (χ1n) is 8.04. The van der Waals surface area contributed by atoms with Gasteiger partial charge >= 0.3 is 5.97 Å². The molecule has 5 nitrogen and oxygen atoms in total. The Morgan fingerprint density at radius 3 is 2.58 bits per heavy atom. The van der Waals surface area contributed by atoms with E-state index in [9.17, 15) is 9.90 Å². The number of hydrogen-bond donors (Lipinski definition) is 1. The molecule has 1 N–H and O–H groups in total. The molecule has 6 heteroatoms. The van der Waals surface area contributed by atoms with E-state index >= 15 is 0 Å². The topological polar surface area (TPSA) is 63.8 Å². The maximum absolute atomic E-state index is 11.5. The number of rotatable bonds is 6. The Balaban J connectivity index is 2.10. The zero-order valence-corrected chi connectivity index (χ0v) is 14.8. The number of fused-ring (bicyclic) bond motifs is 1. The summed E-state index contributed by atoms with van der Waals surface area (Å²) in [6.07, 6.45) is 1.61. The third-order valence-electron chi connectivity index (χ3n) is 3.92. The lowest BCUT2D eigenvalue weighted by molar-refractivity contribution is 0.0700. The molecule has 0 saturated heterocycles. The van der Waals surface area contributed by atoms with Gasteiger partial charge in [0.05, 0.1) is 12.3 Å². The van der Waals surface area contributed by atoms with Gasteiger partial charge in [-0.3, -0.25) is 4.40 Å². The Morgan fingerprint density at radius 1 is 1.29 bits per heavy atom. The quantitative estimate of drug-likeness (QED) is 0.719. The minimum Gasteiger partial charge on any atom is -0.494 e. The van der Waals surface area contributed by atoms with Crippen molar-refractivity contribution in [3.63, 3.8) is 0 Å². The molecule has 2 heterocycles. The first kappa shape index (κ1) is 16.5. The highest BCUT2D eigenvalue weighted by atomic mass is 32.1. The number of aromatic carboxylic acids is 1. The lowest BCUT2D eigenvalue weighted by atomic mass is 10.1. The molecule has 0 radical (unpaired) electrons. The molecule has 0 fully saturated rings. The van der Waals surface area contributed by atoms with Crippen LogP contribution >= 0.6 is 11.3 Å². The van der Waals surface area contributed by atoms with Crippen molar-refractivity contribution in [3.8, 4) is 17.0 Å². The van der Waals surface area contributed by atoms with Crippen LogP contribution < -0.4 is 4.74 Å². The second-order valence-corrected chi connectivity index (χ2v) is 6.53. The van der Waals surface area contributed by atoms with Gasteiger partial charge < -0.3 is 9.84 Å². The van der Waals surface area contributed by atoms with Crippen LogP contribution in [0.1, 0.15) is 41.3 Å². The summed E-state index contributed by atoms with van der Waals surface area (Å²) in [5.41, 5.74) is 3.71. The van der Waals surface area contributed by atoms with Gasteiger partial charge in [-0.05, 0) is 44.5 Å². The molecule has 2 aromatic heterocycles. The number of carbonyl (C=O) groups is 1. The predicted octanol–water partition coefficient (Wildman–Crippen LogP) is 4.42. The predicted molar refractivity (Wildman–Crippen MR) is 95.4 cm³/mol. The fourth-order valence-corrected chi connectivity index (χ4v) is 3.95. The maximum atomic E-state index is 11.5. The van der Waals surface area contributed by atoms with Crippen LogP contribution in [0.4, 0.5) is 0 Å². The van der Waals surface area contributed by atoms with Crippen LogP contribution in [0.15, 0.2) is 24.3 Å². The van der Waals surface area contributed by atoms with E-state index in [4.69, 9.17) is 4.74 Å². The normalized spacial score (nSPS) is 11.1. The van der Waals surface area contributed by atoms with Crippen LogP contribution in [0.25, 0.3) is 16.2 Å². The number of thiazole rings is 1. The Bertz CT molecular complexity index is 878. The summed E-state index contributed by atoms with van der Waals surface area (Å²) in [6, 6.07) is 7.84. The van der Waals surface area contributed by atoms with Crippen LogP contribution in [0.2, 0.25) is 0 Å². The Hall–Kier alpha value is -2.34. The van der Waals surface area contributed by atoms with Crippen molar-refractivity contribution in [2.24, 2.45) is 0 Å². The van der Waals surface area contributed by atoms with E-state index in [1.165, 1.54) is 11.3 Å². The molecule has 0 saturated carbocycles. The zero-order valence-electron chi connectivity index (χ0n) is 14.0. The lowest BCUT2D eigenvalue weighted by Crippen LogP contribution is -2.02. The van der Waals surface area contributed by atoms with Gasteiger partial charge in [0.1, 0.15) is 10.6 Å². The van der Waals surface area contributed by atoms with Crippen molar-refractivity contribution in [2.75, 3.05) is 6.61 Å². The smallest absolute Gasteiger partial charge is 0.347 e. The summed E-state index contributed by atoms with van der Waals surface area (Å²) >= 11 is 1.24. The van der Waals surface area contributed by atoms with E-state index in [1.54, 1.807) is 0 Å². The van der Waals surface area contributed by atoms with Gasteiger partial charge in [-0.2, -0.15) is 0 Å². The molecule has 24 heavy (non-hydrogen) atoms. The molecule has 0 bridgehead atoms. The molecule has 0 unspecified atom stereocenters. The maximum Gasteiger partial charge on any atom is 0.347 e. The number of benzene rings is 1. The third-order valence-corrected chi connectivity index (χ3v) is 4.99. The van der Waals surface area contributed by atoms with Crippen molar-refractivity contribution >= 4 is 22.3 Å². The number of aromatic nitrogens is 2. The van der Waals surface area contributed by atoms with Gasteiger partial charge in [0.25, 0.3) is 0 Å². The summed E-state index contributed by atoms with van der Waals surface area (Å²) in [5.74, 6) is -0.0456. The number of carboxylic acids is 1. The molecule has 0 spiro atoms. The Morgan fingerprint density at radius 2 is 2.00 bits per heavy atom. The molecule has 0 aliphatic heterocycles. The van der Waals surface area contributed by atoms with Crippen LogP contribution in [0, 0.1) is 6.92 Å². The molecular formula is C18H20N2O3S. The Kier molecular flexibility index (Phi) is 4.57. The highest BCUT2D eigenvalue weighted by molar-refractivity contribution is 7.19. The van der Waals surface area contributed by atoms with Crippen LogP contribution in [-0.4, -0.2) is 27.1 Å². The summed E-state index contributed by atoms with van der Waals surface area (Å²) < 4.78 is 7.46. The Labute approximate surface area is 144 Å². The molecule has 0 atom stereocenters. The van der Waals surface area contributed by atoms with E-state index in [0.29, 0.717) is 11.5 Å². The first-order valence-corrected chi connectivity index (χ1v) is 8.85. The number of imidazole rings is 1. The van der Waals surface area contributed by atoms with Gasteiger partial charge in [0.15, 0.2) is 4.96 Å². The molecular weight excluding hydrogens is 324 g/mol. The summed E-state index contributed by atoms with van der Waals surface area (Å²) in [5, 5.41) is 9.43. The minimum atomic E-state index is -0.879. The summed E-state index contributed by atoms with van der Waals surface area (Å²) in [7, 11) is 0. The monoisotopic (exact) mass is 344 g/mol. The number of hydrogen-bond acceptors (Lipinski definition) is 4.